The van der Waals surface area contributed by atoms with Crippen molar-refractivity contribution in [2.45, 2.75) is 31.3 Å². The van der Waals surface area contributed by atoms with Crippen molar-refractivity contribution in [3.8, 4) is 6.07 Å². The van der Waals surface area contributed by atoms with E-state index in [2.05, 4.69) is 0 Å². The first-order valence-electron chi connectivity index (χ1n) is 3.53. The number of aliphatic hydroxyl groups is 1. The lowest BCUT2D eigenvalue weighted by Crippen LogP contribution is -2.42. The van der Waals surface area contributed by atoms with Gasteiger partial charge in [-0.2, -0.15) is 5.26 Å². The van der Waals surface area contributed by atoms with Gasteiger partial charge in [-0.05, 0) is 12.8 Å². The van der Waals surface area contributed by atoms with Crippen molar-refractivity contribution in [2.24, 2.45) is 5.92 Å². The van der Waals surface area contributed by atoms with Crippen molar-refractivity contribution in [1.29, 1.82) is 5.26 Å². The Bertz CT molecular complexity index is 187. The molecule has 4 heteroatoms. The molecule has 0 unspecified atom stereocenters. The topological polar surface area (TPSA) is 44.0 Å². The molecular formula is C7H9F2NO. The second-order valence-corrected chi connectivity index (χ2v) is 2.83. The smallest absolute Gasteiger partial charge is 0.274 e. The van der Waals surface area contributed by atoms with Gasteiger partial charge in [-0.15, -0.1) is 0 Å². The van der Waals surface area contributed by atoms with Crippen LogP contribution in [0.3, 0.4) is 0 Å². The SMILES string of the molecule is N#C[C@@H]1CCCC(F)(F)[C@H]1O. The normalized spacial score (nSPS) is 36.2. The number of hydrogen-bond acceptors (Lipinski definition) is 2. The number of nitrogens with zero attached hydrogens (tertiary/aromatic N) is 1. The second-order valence-electron chi connectivity index (χ2n) is 2.83. The molecule has 2 nitrogen and oxygen atoms in total. The molecule has 0 aliphatic heterocycles. The monoisotopic (exact) mass is 161 g/mol. The molecule has 0 aromatic heterocycles. The van der Waals surface area contributed by atoms with Crippen LogP contribution < -0.4 is 0 Å². The van der Waals surface area contributed by atoms with Crippen LogP contribution >= 0.6 is 0 Å². The summed E-state index contributed by atoms with van der Waals surface area (Å²) in [6.07, 6.45) is -1.36. The highest BCUT2D eigenvalue weighted by atomic mass is 19.3. The lowest BCUT2D eigenvalue weighted by Gasteiger charge is -2.30. The highest BCUT2D eigenvalue weighted by Crippen LogP contribution is 2.36. The predicted octanol–water partition coefficient (Wildman–Crippen LogP) is 1.31. The second kappa shape index (κ2) is 2.74. The van der Waals surface area contributed by atoms with E-state index in [1.165, 1.54) is 0 Å². The fourth-order valence-electron chi connectivity index (χ4n) is 1.29. The van der Waals surface area contributed by atoms with Crippen molar-refractivity contribution in [3.63, 3.8) is 0 Å². The van der Waals surface area contributed by atoms with Gasteiger partial charge in [-0.1, -0.05) is 0 Å². The van der Waals surface area contributed by atoms with Gasteiger partial charge >= 0.3 is 0 Å². The summed E-state index contributed by atoms with van der Waals surface area (Å²) in [7, 11) is 0. The molecule has 1 N–H and O–H groups in total. The van der Waals surface area contributed by atoms with E-state index in [0.717, 1.165) is 0 Å². The van der Waals surface area contributed by atoms with Crippen LogP contribution in [-0.2, 0) is 0 Å². The van der Waals surface area contributed by atoms with Crippen molar-refractivity contribution in [1.82, 2.24) is 0 Å². The summed E-state index contributed by atoms with van der Waals surface area (Å²) in [6, 6.07) is 1.68. The molecular weight excluding hydrogens is 152 g/mol. The zero-order chi connectivity index (χ0) is 8.48. The van der Waals surface area contributed by atoms with Crippen molar-refractivity contribution in [2.75, 3.05) is 0 Å². The minimum Gasteiger partial charge on any atom is -0.385 e. The maximum Gasteiger partial charge on any atom is 0.274 e. The van der Waals surface area contributed by atoms with E-state index < -0.39 is 17.9 Å². The van der Waals surface area contributed by atoms with Gasteiger partial charge in [0.25, 0.3) is 5.92 Å². The molecule has 1 rings (SSSR count). The number of hydrogen-bond donors (Lipinski definition) is 1. The minimum absolute atomic E-state index is 0.299. The molecule has 2 atom stereocenters. The molecule has 0 radical (unpaired) electrons. The summed E-state index contributed by atoms with van der Waals surface area (Å²) in [6.45, 7) is 0. The van der Waals surface area contributed by atoms with Crippen LogP contribution in [0.25, 0.3) is 0 Å². The molecule has 0 saturated heterocycles. The van der Waals surface area contributed by atoms with Gasteiger partial charge in [0.15, 0.2) is 0 Å². The van der Waals surface area contributed by atoms with Gasteiger partial charge in [0, 0.05) is 6.42 Å². The van der Waals surface area contributed by atoms with Crippen LogP contribution in [0.5, 0.6) is 0 Å². The molecule has 0 aromatic carbocycles. The third-order valence-electron chi connectivity index (χ3n) is 2.00. The van der Waals surface area contributed by atoms with E-state index in [9.17, 15) is 8.78 Å². The van der Waals surface area contributed by atoms with Gasteiger partial charge in [-0.25, -0.2) is 8.78 Å². The summed E-state index contributed by atoms with van der Waals surface area (Å²) in [4.78, 5) is 0. The van der Waals surface area contributed by atoms with Gasteiger partial charge in [-0.3, -0.25) is 0 Å². The first kappa shape index (κ1) is 8.41. The number of rotatable bonds is 0. The molecule has 1 fully saturated rings. The van der Waals surface area contributed by atoms with Crippen LogP contribution in [0.2, 0.25) is 0 Å². The maximum atomic E-state index is 12.6. The summed E-state index contributed by atoms with van der Waals surface area (Å²) in [5.41, 5.74) is 0. The van der Waals surface area contributed by atoms with E-state index in [1.807, 2.05) is 0 Å². The Morgan fingerprint density at radius 2 is 2.18 bits per heavy atom. The fraction of sp³-hybridized carbons (Fsp3) is 0.857. The van der Waals surface area contributed by atoms with E-state index in [4.69, 9.17) is 10.4 Å². The highest BCUT2D eigenvalue weighted by molar-refractivity contribution is 4.97. The molecule has 0 bridgehead atoms. The molecule has 1 aliphatic carbocycles. The largest absolute Gasteiger partial charge is 0.385 e. The van der Waals surface area contributed by atoms with Crippen LogP contribution in [0.15, 0.2) is 0 Å². The average Bonchev–Trinajstić information content (AvgIpc) is 1.95. The molecule has 0 aromatic rings. The Labute approximate surface area is 63.4 Å². The lowest BCUT2D eigenvalue weighted by atomic mass is 9.85. The van der Waals surface area contributed by atoms with Crippen molar-refractivity contribution < 1.29 is 13.9 Å². The van der Waals surface area contributed by atoms with E-state index in [1.54, 1.807) is 6.07 Å². The molecule has 1 aliphatic rings. The van der Waals surface area contributed by atoms with E-state index in [0.29, 0.717) is 12.8 Å². The Hall–Kier alpha value is -0.690. The summed E-state index contributed by atoms with van der Waals surface area (Å²) < 4.78 is 25.3. The van der Waals surface area contributed by atoms with Crippen molar-refractivity contribution >= 4 is 0 Å². The van der Waals surface area contributed by atoms with E-state index >= 15 is 0 Å². The Kier molecular flexibility index (Phi) is 2.10. The van der Waals surface area contributed by atoms with Gasteiger partial charge in [0.2, 0.25) is 0 Å². The van der Waals surface area contributed by atoms with Crippen LogP contribution in [0.4, 0.5) is 8.78 Å². The lowest BCUT2D eigenvalue weighted by molar-refractivity contribution is -0.145. The summed E-state index contributed by atoms with van der Waals surface area (Å²) >= 11 is 0. The molecule has 62 valence electrons. The number of alkyl halides is 2. The first-order chi connectivity index (χ1) is 5.08. The number of halogens is 2. The zero-order valence-electron chi connectivity index (χ0n) is 5.93. The van der Waals surface area contributed by atoms with Crippen LogP contribution in [0.1, 0.15) is 19.3 Å². The van der Waals surface area contributed by atoms with E-state index in [-0.39, 0.29) is 6.42 Å². The third kappa shape index (κ3) is 1.48. The molecule has 1 saturated carbocycles. The molecule has 0 amide bonds. The quantitative estimate of drug-likeness (QED) is 0.582. The van der Waals surface area contributed by atoms with Gasteiger partial charge in [0.05, 0.1) is 12.0 Å². The summed E-state index contributed by atoms with van der Waals surface area (Å²) in [5.74, 6) is -3.95. The highest BCUT2D eigenvalue weighted by Gasteiger charge is 2.45. The maximum absolute atomic E-state index is 12.6. The fourth-order valence-corrected chi connectivity index (χ4v) is 1.29. The zero-order valence-corrected chi connectivity index (χ0v) is 5.93. The predicted molar refractivity (Wildman–Crippen MR) is 33.9 cm³/mol. The molecule has 0 heterocycles. The summed E-state index contributed by atoms with van der Waals surface area (Å²) in [5, 5.41) is 17.3. The standard InChI is InChI=1S/C7H9F2NO/c8-7(9)3-1-2-5(4-10)6(7)11/h5-6,11H,1-3H2/t5-,6-/m0/s1. The minimum atomic E-state index is -3.06. The Morgan fingerprint density at radius 1 is 1.55 bits per heavy atom. The Morgan fingerprint density at radius 3 is 2.64 bits per heavy atom. The molecule has 11 heavy (non-hydrogen) atoms. The average molecular weight is 161 g/mol. The van der Waals surface area contributed by atoms with Crippen LogP contribution in [-0.4, -0.2) is 17.1 Å². The third-order valence-corrected chi connectivity index (χ3v) is 2.00. The number of aliphatic hydroxyl groups excluding tert-OH is 1. The number of nitriles is 1. The Balaban J connectivity index is 2.69. The van der Waals surface area contributed by atoms with Crippen LogP contribution in [0, 0.1) is 17.2 Å². The van der Waals surface area contributed by atoms with Gasteiger partial charge in [0.1, 0.15) is 6.10 Å². The molecule has 0 spiro atoms. The first-order valence-corrected chi connectivity index (χ1v) is 3.53. The van der Waals surface area contributed by atoms with Crippen molar-refractivity contribution in [3.05, 3.63) is 0 Å². The van der Waals surface area contributed by atoms with Gasteiger partial charge < -0.3 is 5.11 Å².